The van der Waals surface area contributed by atoms with Crippen LogP contribution in [0.25, 0.3) is 11.4 Å². The lowest BCUT2D eigenvalue weighted by Gasteiger charge is -2.22. The fourth-order valence-corrected chi connectivity index (χ4v) is 6.58. The molecule has 200 valence electrons. The summed E-state index contributed by atoms with van der Waals surface area (Å²) in [6.45, 7) is 1.75. The van der Waals surface area contributed by atoms with Gasteiger partial charge in [0.15, 0.2) is 10.1 Å². The second-order valence-corrected chi connectivity index (χ2v) is 11.2. The van der Waals surface area contributed by atoms with Crippen LogP contribution in [0.5, 0.6) is 5.75 Å². The van der Waals surface area contributed by atoms with Gasteiger partial charge >= 0.3 is 5.91 Å². The molecular formula is C29H23N5O4S2. The van der Waals surface area contributed by atoms with Gasteiger partial charge in [0.2, 0.25) is 5.13 Å². The van der Waals surface area contributed by atoms with Crippen LogP contribution in [0.15, 0.2) is 88.9 Å². The van der Waals surface area contributed by atoms with E-state index in [0.29, 0.717) is 38.4 Å². The van der Waals surface area contributed by atoms with E-state index in [1.54, 1.807) is 61.0 Å². The summed E-state index contributed by atoms with van der Waals surface area (Å²) in [7, 11) is 1.54. The molecule has 1 unspecified atom stereocenters. The molecule has 1 aliphatic rings. The predicted octanol–water partition coefficient (Wildman–Crippen LogP) is 5.42. The Balaban J connectivity index is 1.46. The average molecular weight is 570 g/mol. The molecule has 1 atom stereocenters. The Hall–Kier alpha value is -4.48. The molecule has 4 heterocycles. The number of nitrogens with zero attached hydrogens (tertiary/aromatic N) is 5. The van der Waals surface area contributed by atoms with Crippen LogP contribution in [0, 0.1) is 6.92 Å². The third kappa shape index (κ3) is 4.52. The summed E-state index contributed by atoms with van der Waals surface area (Å²) in [6.07, 6.45) is 1.75. The molecule has 1 aliphatic heterocycles. The number of imidazole rings is 1. The molecule has 0 spiro atoms. The number of aromatic nitrogens is 4. The van der Waals surface area contributed by atoms with Gasteiger partial charge in [0.05, 0.1) is 24.4 Å². The summed E-state index contributed by atoms with van der Waals surface area (Å²) in [4.78, 5) is 33.0. The molecule has 40 heavy (non-hydrogen) atoms. The molecule has 11 heteroatoms. The van der Waals surface area contributed by atoms with Crippen LogP contribution < -0.4 is 9.64 Å². The van der Waals surface area contributed by atoms with Gasteiger partial charge in [0.1, 0.15) is 17.1 Å². The maximum absolute atomic E-state index is 13.6. The number of hydrogen-bond donors (Lipinski definition) is 1. The molecule has 1 amide bonds. The third-order valence-electron chi connectivity index (χ3n) is 6.59. The number of aliphatic hydroxyl groups excluding tert-OH is 1. The van der Waals surface area contributed by atoms with Gasteiger partial charge in [-0.05, 0) is 42.3 Å². The molecule has 1 fully saturated rings. The average Bonchev–Trinajstić information content (AvgIpc) is 3.65. The van der Waals surface area contributed by atoms with Gasteiger partial charge in [-0.25, -0.2) is 4.98 Å². The number of pyridine rings is 1. The van der Waals surface area contributed by atoms with Crippen LogP contribution in [-0.2, 0) is 15.3 Å². The van der Waals surface area contributed by atoms with Crippen molar-refractivity contribution in [2.75, 3.05) is 12.0 Å². The van der Waals surface area contributed by atoms with E-state index >= 15 is 0 Å². The first kappa shape index (κ1) is 25.8. The number of amides is 1. The molecule has 0 saturated carbocycles. The normalized spacial score (nSPS) is 16.6. The molecular weight excluding hydrogens is 546 g/mol. The van der Waals surface area contributed by atoms with Crippen LogP contribution >= 0.6 is 23.1 Å². The zero-order valence-corrected chi connectivity index (χ0v) is 23.1. The minimum atomic E-state index is -0.955. The lowest BCUT2D eigenvalue weighted by Crippen LogP contribution is -2.29. The Labute approximate surface area is 237 Å². The molecule has 5 aromatic rings. The van der Waals surface area contributed by atoms with E-state index < -0.39 is 17.7 Å². The molecule has 0 bridgehead atoms. The molecule has 6 rings (SSSR count). The summed E-state index contributed by atoms with van der Waals surface area (Å²) in [5, 5.41) is 20.5. The lowest BCUT2D eigenvalue weighted by molar-refractivity contribution is -0.132. The Morgan fingerprint density at radius 1 is 1.05 bits per heavy atom. The van der Waals surface area contributed by atoms with E-state index in [2.05, 4.69) is 15.2 Å². The fraction of sp³-hybridized carbons (Fsp3) is 0.138. The number of aliphatic hydroxyl groups is 1. The summed E-state index contributed by atoms with van der Waals surface area (Å²) >= 11 is 2.72. The highest BCUT2D eigenvalue weighted by Crippen LogP contribution is 2.44. The lowest BCUT2D eigenvalue weighted by atomic mass is 9.96. The first-order chi connectivity index (χ1) is 19.5. The summed E-state index contributed by atoms with van der Waals surface area (Å²) in [5.41, 5.74) is 3.14. The van der Waals surface area contributed by atoms with Crippen molar-refractivity contribution in [1.29, 1.82) is 0 Å². The number of Topliss-reactive ketones (excluding diaryl/α,β-unsaturated/α-hetero) is 1. The number of ketones is 1. The smallest absolute Gasteiger partial charge is 0.301 e. The summed E-state index contributed by atoms with van der Waals surface area (Å²) in [6, 6.07) is 21.5. The first-order valence-corrected chi connectivity index (χ1v) is 14.2. The van der Waals surface area contributed by atoms with Gasteiger partial charge in [0, 0.05) is 11.9 Å². The molecule has 1 saturated heterocycles. The highest BCUT2D eigenvalue weighted by molar-refractivity contribution is 8.00. The van der Waals surface area contributed by atoms with E-state index in [1.807, 2.05) is 36.4 Å². The number of hydrogen-bond acceptors (Lipinski definition) is 9. The van der Waals surface area contributed by atoms with Gasteiger partial charge < -0.3 is 9.84 Å². The number of carbonyl (C=O) groups is 2. The highest BCUT2D eigenvalue weighted by atomic mass is 32.2. The zero-order valence-electron chi connectivity index (χ0n) is 21.5. The third-order valence-corrected chi connectivity index (χ3v) is 8.72. The SMILES string of the molecule is COc1cccc(C2/C(=C(\O)c3c(C)nc4ccccn34)C(=O)C(=O)N2c2nnc(SCc3ccccc3)s2)c1. The molecule has 9 nitrogen and oxygen atoms in total. The van der Waals surface area contributed by atoms with Gasteiger partial charge in [-0.2, -0.15) is 0 Å². The van der Waals surface area contributed by atoms with Gasteiger partial charge in [-0.1, -0.05) is 71.6 Å². The standard InChI is InChI=1S/C29H23N5O4S2/c1-17-23(33-14-7-6-13-21(33)30-17)25(35)22-24(19-11-8-12-20(15-19)38-2)34(27(37)26(22)36)28-31-32-29(40-28)39-16-18-9-4-3-5-10-18/h3-15,24,35H,16H2,1-2H3/b25-22+. The molecule has 0 aliphatic carbocycles. The quantitative estimate of drug-likeness (QED) is 0.0910. The van der Waals surface area contributed by atoms with Crippen molar-refractivity contribution in [3.8, 4) is 5.75 Å². The highest BCUT2D eigenvalue weighted by Gasteiger charge is 2.49. The second-order valence-electron chi connectivity index (χ2n) is 9.05. The molecule has 1 N–H and O–H groups in total. The van der Waals surface area contributed by atoms with Crippen LogP contribution in [0.3, 0.4) is 0 Å². The van der Waals surface area contributed by atoms with Crippen molar-refractivity contribution in [2.45, 2.75) is 23.1 Å². The topological polar surface area (TPSA) is 110 Å². The number of aryl methyl sites for hydroxylation is 1. The zero-order chi connectivity index (χ0) is 27.8. The number of anilines is 1. The monoisotopic (exact) mass is 569 g/mol. The number of fused-ring (bicyclic) bond motifs is 1. The van der Waals surface area contributed by atoms with Crippen LogP contribution in [0.4, 0.5) is 5.13 Å². The molecule has 2 aromatic carbocycles. The van der Waals surface area contributed by atoms with Crippen molar-refractivity contribution in [3.05, 3.63) is 107 Å². The number of methoxy groups -OCH3 is 1. The largest absolute Gasteiger partial charge is 0.505 e. The second kappa shape index (κ2) is 10.6. The van der Waals surface area contributed by atoms with E-state index in [4.69, 9.17) is 4.74 Å². The van der Waals surface area contributed by atoms with Crippen LogP contribution in [0.1, 0.15) is 28.6 Å². The molecule has 3 aromatic heterocycles. The van der Waals surface area contributed by atoms with Crippen LogP contribution in [-0.4, -0.2) is 43.5 Å². The minimum absolute atomic E-state index is 0.0549. The Bertz CT molecular complexity index is 1780. The first-order valence-electron chi connectivity index (χ1n) is 12.4. The number of carbonyl (C=O) groups excluding carboxylic acids is 2. The summed E-state index contributed by atoms with van der Waals surface area (Å²) < 4.78 is 7.78. The van der Waals surface area contributed by atoms with Crippen molar-refractivity contribution < 1.29 is 19.4 Å². The number of rotatable bonds is 7. The number of ether oxygens (including phenoxy) is 1. The fourth-order valence-electron chi connectivity index (χ4n) is 4.76. The van der Waals surface area contributed by atoms with E-state index in [9.17, 15) is 14.7 Å². The van der Waals surface area contributed by atoms with Crippen LogP contribution in [0.2, 0.25) is 0 Å². The maximum Gasteiger partial charge on any atom is 0.301 e. The van der Waals surface area contributed by atoms with E-state index in [1.165, 1.54) is 28.0 Å². The van der Waals surface area contributed by atoms with Gasteiger partial charge in [-0.15, -0.1) is 10.2 Å². The summed E-state index contributed by atoms with van der Waals surface area (Å²) in [5.74, 6) is -0.694. The van der Waals surface area contributed by atoms with E-state index in [0.717, 1.165) is 5.56 Å². The Morgan fingerprint density at radius 3 is 2.65 bits per heavy atom. The predicted molar refractivity (Wildman–Crippen MR) is 154 cm³/mol. The Morgan fingerprint density at radius 2 is 1.85 bits per heavy atom. The van der Waals surface area contributed by atoms with Gasteiger partial charge in [0.25, 0.3) is 5.78 Å². The van der Waals surface area contributed by atoms with Crippen molar-refractivity contribution in [2.24, 2.45) is 0 Å². The molecule has 0 radical (unpaired) electrons. The number of benzene rings is 2. The van der Waals surface area contributed by atoms with Crippen molar-refractivity contribution in [3.63, 3.8) is 0 Å². The maximum atomic E-state index is 13.6. The Kier molecular flexibility index (Phi) is 6.82. The number of thioether (sulfide) groups is 1. The van der Waals surface area contributed by atoms with Gasteiger partial charge in [-0.3, -0.25) is 18.9 Å². The minimum Gasteiger partial charge on any atom is -0.505 e. The van der Waals surface area contributed by atoms with E-state index in [-0.39, 0.29) is 16.5 Å². The van der Waals surface area contributed by atoms with Crippen molar-refractivity contribution in [1.82, 2.24) is 19.6 Å². The van der Waals surface area contributed by atoms with Crippen molar-refractivity contribution >= 4 is 51.3 Å².